The molecule has 1 saturated heterocycles. The number of nitrogens with one attached hydrogen (secondary N) is 1. The van der Waals surface area contributed by atoms with Gasteiger partial charge in [-0.2, -0.15) is 0 Å². The Morgan fingerprint density at radius 1 is 1.11 bits per heavy atom. The van der Waals surface area contributed by atoms with Crippen LogP contribution < -0.4 is 5.32 Å². The minimum atomic E-state index is -0.291. The summed E-state index contributed by atoms with van der Waals surface area (Å²) in [6, 6.07) is 10.2. The van der Waals surface area contributed by atoms with E-state index >= 15 is 0 Å². The van der Waals surface area contributed by atoms with Crippen LogP contribution in [0.5, 0.6) is 0 Å². The summed E-state index contributed by atoms with van der Waals surface area (Å²) < 4.78 is 0. The van der Waals surface area contributed by atoms with Crippen molar-refractivity contribution < 1.29 is 14.4 Å². The Morgan fingerprint density at radius 2 is 1.85 bits per heavy atom. The minimum absolute atomic E-state index is 0.0666. The maximum absolute atomic E-state index is 12.9. The first-order valence-corrected chi connectivity index (χ1v) is 10.9. The van der Waals surface area contributed by atoms with E-state index in [1.54, 1.807) is 4.90 Å². The molecular weight excluding hydrogens is 360 g/mol. The highest BCUT2D eigenvalue weighted by Crippen LogP contribution is 2.27. The Hall–Kier alpha value is -1.82. The molecule has 2 amide bonds. The second kappa shape index (κ2) is 9.93. The van der Waals surface area contributed by atoms with Crippen molar-refractivity contribution in [3.8, 4) is 0 Å². The number of benzene rings is 1. The third-order valence-electron chi connectivity index (χ3n) is 5.34. The van der Waals surface area contributed by atoms with Gasteiger partial charge in [0.25, 0.3) is 0 Å². The highest BCUT2D eigenvalue weighted by atomic mass is 32.2. The molecule has 0 radical (unpaired) electrons. The maximum atomic E-state index is 12.9. The predicted octanol–water partition coefficient (Wildman–Crippen LogP) is 2.79. The molecule has 1 aliphatic heterocycles. The molecular formula is C21H28N2O3S. The standard InChI is InChI=1S/C21H28N2O3S/c24-19(22-18-9-5-2-6-10-18)14-23(12-11-16-7-3-1-4-8-16)21(26)17-13-20(25)27-15-17/h1,3-4,7-8,17-18H,2,5-6,9-15H2,(H,22,24). The number of carbonyl (C=O) groups excluding carboxylic acids is 3. The lowest BCUT2D eigenvalue weighted by Gasteiger charge is -2.27. The minimum Gasteiger partial charge on any atom is -0.352 e. The zero-order valence-corrected chi connectivity index (χ0v) is 16.5. The molecule has 6 heteroatoms. The summed E-state index contributed by atoms with van der Waals surface area (Å²) in [7, 11) is 0. The monoisotopic (exact) mass is 388 g/mol. The van der Waals surface area contributed by atoms with Gasteiger partial charge in [0, 0.05) is 24.8 Å². The number of nitrogens with zero attached hydrogens (tertiary/aromatic N) is 1. The van der Waals surface area contributed by atoms with Gasteiger partial charge in [0.2, 0.25) is 11.8 Å². The fourth-order valence-corrected chi connectivity index (χ4v) is 4.77. The van der Waals surface area contributed by atoms with Gasteiger partial charge < -0.3 is 10.2 Å². The SMILES string of the molecule is O=C(CN(CCc1ccccc1)C(=O)C1CSC(=O)C1)NC1CCCCC1. The molecule has 2 aliphatic rings. The smallest absolute Gasteiger partial charge is 0.239 e. The van der Waals surface area contributed by atoms with Gasteiger partial charge in [0.05, 0.1) is 12.5 Å². The van der Waals surface area contributed by atoms with E-state index < -0.39 is 0 Å². The first-order chi connectivity index (χ1) is 13.1. The van der Waals surface area contributed by atoms with Crippen LogP contribution in [0.2, 0.25) is 0 Å². The molecule has 1 aliphatic carbocycles. The van der Waals surface area contributed by atoms with E-state index in [9.17, 15) is 14.4 Å². The van der Waals surface area contributed by atoms with Crippen LogP contribution in [0.15, 0.2) is 30.3 Å². The summed E-state index contributed by atoms with van der Waals surface area (Å²) in [4.78, 5) is 38.7. The fourth-order valence-electron chi connectivity index (χ4n) is 3.80. The maximum Gasteiger partial charge on any atom is 0.239 e. The van der Waals surface area contributed by atoms with Crippen molar-refractivity contribution in [1.82, 2.24) is 10.2 Å². The summed E-state index contributed by atoms with van der Waals surface area (Å²) in [6.45, 7) is 0.577. The highest BCUT2D eigenvalue weighted by molar-refractivity contribution is 8.14. The average Bonchev–Trinajstić information content (AvgIpc) is 3.12. The van der Waals surface area contributed by atoms with E-state index in [1.807, 2.05) is 30.3 Å². The van der Waals surface area contributed by atoms with Crippen LogP contribution in [-0.2, 0) is 20.8 Å². The molecule has 1 saturated carbocycles. The van der Waals surface area contributed by atoms with Crippen LogP contribution in [-0.4, -0.2) is 46.7 Å². The zero-order chi connectivity index (χ0) is 19.1. The summed E-state index contributed by atoms with van der Waals surface area (Å²) in [5, 5.41) is 3.17. The largest absolute Gasteiger partial charge is 0.352 e. The number of hydrogen-bond donors (Lipinski definition) is 1. The molecule has 0 spiro atoms. The average molecular weight is 389 g/mol. The molecule has 2 fully saturated rings. The van der Waals surface area contributed by atoms with Gasteiger partial charge >= 0.3 is 0 Å². The highest BCUT2D eigenvalue weighted by Gasteiger charge is 2.33. The third-order valence-corrected chi connectivity index (χ3v) is 6.40. The van der Waals surface area contributed by atoms with E-state index in [0.29, 0.717) is 18.7 Å². The first kappa shape index (κ1) is 19.9. The summed E-state index contributed by atoms with van der Waals surface area (Å²) >= 11 is 1.23. The molecule has 146 valence electrons. The summed E-state index contributed by atoms with van der Waals surface area (Å²) in [5.74, 6) is 0.0909. The Kier molecular flexibility index (Phi) is 7.33. The van der Waals surface area contributed by atoms with Gasteiger partial charge in [-0.15, -0.1) is 0 Å². The molecule has 1 N–H and O–H groups in total. The predicted molar refractivity (Wildman–Crippen MR) is 107 cm³/mol. The van der Waals surface area contributed by atoms with Gasteiger partial charge in [-0.25, -0.2) is 0 Å². The van der Waals surface area contributed by atoms with Crippen LogP contribution >= 0.6 is 11.8 Å². The fraction of sp³-hybridized carbons (Fsp3) is 0.571. The van der Waals surface area contributed by atoms with Crippen molar-refractivity contribution in [2.24, 2.45) is 5.92 Å². The quantitative estimate of drug-likeness (QED) is 0.780. The molecule has 27 heavy (non-hydrogen) atoms. The van der Waals surface area contributed by atoms with Crippen LogP contribution in [0.4, 0.5) is 0 Å². The second-order valence-electron chi connectivity index (χ2n) is 7.48. The van der Waals surface area contributed by atoms with Gasteiger partial charge in [0.1, 0.15) is 0 Å². The number of hydrogen-bond acceptors (Lipinski definition) is 4. The van der Waals surface area contributed by atoms with Crippen molar-refractivity contribution in [1.29, 1.82) is 0 Å². The van der Waals surface area contributed by atoms with Crippen molar-refractivity contribution in [2.45, 2.75) is 51.0 Å². The Labute approximate surface area is 165 Å². The first-order valence-electron chi connectivity index (χ1n) is 9.89. The van der Waals surface area contributed by atoms with Crippen molar-refractivity contribution in [3.63, 3.8) is 0 Å². The van der Waals surface area contributed by atoms with Gasteiger partial charge in [0.15, 0.2) is 5.12 Å². The lowest BCUT2D eigenvalue weighted by atomic mass is 9.95. The number of carbonyl (C=O) groups is 3. The molecule has 0 aromatic heterocycles. The summed E-state index contributed by atoms with van der Waals surface area (Å²) in [6.07, 6.45) is 6.59. The van der Waals surface area contributed by atoms with Crippen LogP contribution in [0, 0.1) is 5.92 Å². The second-order valence-corrected chi connectivity index (χ2v) is 8.56. The molecule has 1 heterocycles. The summed E-state index contributed by atoms with van der Waals surface area (Å²) in [5.41, 5.74) is 1.14. The number of amides is 2. The molecule has 0 bridgehead atoms. The van der Waals surface area contributed by atoms with E-state index in [4.69, 9.17) is 0 Å². The lowest BCUT2D eigenvalue weighted by molar-refractivity contribution is -0.139. The van der Waals surface area contributed by atoms with Gasteiger partial charge in [-0.05, 0) is 24.8 Å². The van der Waals surface area contributed by atoms with E-state index in [2.05, 4.69) is 5.32 Å². The molecule has 1 atom stereocenters. The number of thioether (sulfide) groups is 1. The van der Waals surface area contributed by atoms with E-state index in [1.165, 1.54) is 18.2 Å². The molecule has 3 rings (SSSR count). The number of rotatable bonds is 7. The topological polar surface area (TPSA) is 66.5 Å². The molecule has 1 aromatic carbocycles. The zero-order valence-electron chi connectivity index (χ0n) is 15.7. The van der Waals surface area contributed by atoms with Crippen molar-refractivity contribution in [2.75, 3.05) is 18.8 Å². The van der Waals surface area contributed by atoms with Crippen molar-refractivity contribution in [3.05, 3.63) is 35.9 Å². The third kappa shape index (κ3) is 6.09. The van der Waals surface area contributed by atoms with Crippen LogP contribution in [0.25, 0.3) is 0 Å². The van der Waals surface area contributed by atoms with Crippen LogP contribution in [0.3, 0.4) is 0 Å². The molecule has 1 aromatic rings. The van der Waals surface area contributed by atoms with Crippen LogP contribution in [0.1, 0.15) is 44.1 Å². The normalized spacial score (nSPS) is 20.4. The molecule has 5 nitrogen and oxygen atoms in total. The van der Waals surface area contributed by atoms with E-state index in [-0.39, 0.29) is 41.9 Å². The lowest BCUT2D eigenvalue weighted by Crippen LogP contribution is -2.47. The Bertz CT molecular complexity index is 659. The van der Waals surface area contributed by atoms with Gasteiger partial charge in [-0.3, -0.25) is 14.4 Å². The Balaban J connectivity index is 1.59. The van der Waals surface area contributed by atoms with Crippen molar-refractivity contribution >= 4 is 28.7 Å². The Morgan fingerprint density at radius 3 is 2.52 bits per heavy atom. The van der Waals surface area contributed by atoms with Gasteiger partial charge in [-0.1, -0.05) is 61.4 Å². The molecule has 1 unspecified atom stereocenters. The van der Waals surface area contributed by atoms with E-state index in [0.717, 1.165) is 31.2 Å².